The van der Waals surface area contributed by atoms with E-state index in [1.165, 1.54) is 11.8 Å². The monoisotopic (exact) mass is 349 g/mol. The molecule has 7 heteroatoms. The fraction of sp³-hybridized carbons (Fsp3) is 0.588. The van der Waals surface area contributed by atoms with Crippen LogP contribution in [0.15, 0.2) is 29.4 Å². The Labute approximate surface area is 146 Å². The van der Waals surface area contributed by atoms with Crippen LogP contribution in [0.4, 0.5) is 0 Å². The molecule has 1 spiro atoms. The molecule has 6 nitrogen and oxygen atoms in total. The molecule has 3 heterocycles. The van der Waals surface area contributed by atoms with Gasteiger partial charge in [0.15, 0.2) is 0 Å². The minimum Gasteiger partial charge on any atom is -0.383 e. The maximum Gasteiger partial charge on any atom is 0.232 e. The normalized spacial score (nSPS) is 23.5. The summed E-state index contributed by atoms with van der Waals surface area (Å²) in [4.78, 5) is 33.9. The molecule has 2 aliphatic rings. The van der Waals surface area contributed by atoms with E-state index in [4.69, 9.17) is 4.74 Å². The van der Waals surface area contributed by atoms with Gasteiger partial charge in [-0.2, -0.15) is 0 Å². The summed E-state index contributed by atoms with van der Waals surface area (Å²) < 4.78 is 5.07. The van der Waals surface area contributed by atoms with Crippen LogP contribution in [0.1, 0.15) is 12.8 Å². The number of amides is 2. The number of rotatable bonds is 6. The molecule has 0 saturated carbocycles. The van der Waals surface area contributed by atoms with E-state index in [-0.39, 0.29) is 17.2 Å². The van der Waals surface area contributed by atoms with Crippen molar-refractivity contribution < 1.29 is 14.3 Å². The zero-order valence-electron chi connectivity index (χ0n) is 13.9. The lowest BCUT2D eigenvalue weighted by Crippen LogP contribution is -2.39. The lowest BCUT2D eigenvalue weighted by atomic mass is 9.85. The molecule has 0 N–H and O–H groups in total. The van der Waals surface area contributed by atoms with E-state index in [0.29, 0.717) is 32.0 Å². The van der Waals surface area contributed by atoms with Crippen molar-refractivity contribution in [3.63, 3.8) is 0 Å². The van der Waals surface area contributed by atoms with E-state index in [0.717, 1.165) is 24.3 Å². The van der Waals surface area contributed by atoms with Gasteiger partial charge in [-0.15, -0.1) is 11.8 Å². The quantitative estimate of drug-likeness (QED) is 0.724. The van der Waals surface area contributed by atoms with E-state index < -0.39 is 0 Å². The van der Waals surface area contributed by atoms with Gasteiger partial charge in [0, 0.05) is 50.6 Å². The van der Waals surface area contributed by atoms with Gasteiger partial charge in [-0.1, -0.05) is 0 Å². The van der Waals surface area contributed by atoms with Crippen LogP contribution < -0.4 is 0 Å². The molecule has 2 amide bonds. The highest BCUT2D eigenvalue weighted by atomic mass is 32.2. The Kier molecular flexibility index (Phi) is 5.40. The Morgan fingerprint density at radius 3 is 2.83 bits per heavy atom. The Balaban J connectivity index is 1.53. The van der Waals surface area contributed by atoms with Crippen LogP contribution in [0.3, 0.4) is 0 Å². The number of ether oxygens (including phenoxy) is 1. The van der Waals surface area contributed by atoms with Crippen LogP contribution >= 0.6 is 11.8 Å². The topological polar surface area (TPSA) is 62.7 Å². The fourth-order valence-electron chi connectivity index (χ4n) is 3.44. The third kappa shape index (κ3) is 3.57. The molecule has 2 saturated heterocycles. The molecule has 0 aliphatic carbocycles. The van der Waals surface area contributed by atoms with E-state index in [9.17, 15) is 9.59 Å². The zero-order valence-corrected chi connectivity index (χ0v) is 14.8. The molecule has 2 aliphatic heterocycles. The lowest BCUT2D eigenvalue weighted by Gasteiger charge is -2.23. The summed E-state index contributed by atoms with van der Waals surface area (Å²) in [7, 11) is 1.65. The number of pyridine rings is 1. The minimum atomic E-state index is -0.356. The number of hydrogen-bond donors (Lipinski definition) is 0. The Morgan fingerprint density at radius 2 is 2.08 bits per heavy atom. The summed E-state index contributed by atoms with van der Waals surface area (Å²) in [5, 5.41) is 0. The van der Waals surface area contributed by atoms with Crippen LogP contribution in [-0.2, 0) is 14.3 Å². The average molecular weight is 349 g/mol. The summed E-state index contributed by atoms with van der Waals surface area (Å²) in [5.74, 6) is 0.704. The molecule has 0 bridgehead atoms. The standard InChI is InChI=1S/C17H23N3O3S/c1-23-11-10-19-8-4-17(16(19)22)5-9-20(13-17)15(21)12-24-14-2-6-18-7-3-14/h2-3,6-7H,4-5,8-13H2,1H3. The number of thioether (sulfide) groups is 1. The van der Waals surface area contributed by atoms with E-state index in [2.05, 4.69) is 4.98 Å². The smallest absolute Gasteiger partial charge is 0.232 e. The third-order valence-electron chi connectivity index (χ3n) is 4.89. The van der Waals surface area contributed by atoms with Gasteiger partial charge in [-0.05, 0) is 25.0 Å². The van der Waals surface area contributed by atoms with Crippen molar-refractivity contribution in [1.82, 2.24) is 14.8 Å². The van der Waals surface area contributed by atoms with E-state index in [1.807, 2.05) is 21.9 Å². The summed E-state index contributed by atoms with van der Waals surface area (Å²) in [6, 6.07) is 3.80. The van der Waals surface area contributed by atoms with Crippen LogP contribution in [0, 0.1) is 5.41 Å². The highest BCUT2D eigenvalue weighted by molar-refractivity contribution is 8.00. The van der Waals surface area contributed by atoms with Crippen molar-refractivity contribution in [3.05, 3.63) is 24.5 Å². The Bertz CT molecular complexity index is 598. The molecule has 1 aromatic rings. The van der Waals surface area contributed by atoms with Crippen molar-refractivity contribution in [1.29, 1.82) is 0 Å². The first-order chi connectivity index (χ1) is 11.6. The van der Waals surface area contributed by atoms with Crippen molar-refractivity contribution in [3.8, 4) is 0 Å². The molecule has 1 atom stereocenters. The largest absolute Gasteiger partial charge is 0.383 e. The predicted molar refractivity (Wildman–Crippen MR) is 91.7 cm³/mol. The molecular weight excluding hydrogens is 326 g/mol. The van der Waals surface area contributed by atoms with Crippen molar-refractivity contribution >= 4 is 23.6 Å². The number of hydrogen-bond acceptors (Lipinski definition) is 5. The van der Waals surface area contributed by atoms with Gasteiger partial charge in [0.25, 0.3) is 0 Å². The van der Waals surface area contributed by atoms with Crippen LogP contribution in [0.5, 0.6) is 0 Å². The Hall–Kier alpha value is -1.60. The summed E-state index contributed by atoms with van der Waals surface area (Å²) >= 11 is 1.52. The first-order valence-electron chi connectivity index (χ1n) is 8.23. The van der Waals surface area contributed by atoms with Gasteiger partial charge in [-0.25, -0.2) is 0 Å². The fourth-order valence-corrected chi connectivity index (χ4v) is 4.23. The maximum atomic E-state index is 12.7. The summed E-state index contributed by atoms with van der Waals surface area (Å²) in [5.41, 5.74) is -0.356. The second-order valence-corrected chi connectivity index (χ2v) is 7.40. The van der Waals surface area contributed by atoms with Gasteiger partial charge in [-0.3, -0.25) is 14.6 Å². The summed E-state index contributed by atoms with van der Waals surface area (Å²) in [6.07, 6.45) is 5.07. The number of carbonyl (C=O) groups is 2. The predicted octanol–water partition coefficient (Wildman–Crippen LogP) is 1.27. The van der Waals surface area contributed by atoms with Gasteiger partial charge in [0.05, 0.1) is 17.8 Å². The molecule has 130 valence electrons. The van der Waals surface area contributed by atoms with Crippen LogP contribution in [0.25, 0.3) is 0 Å². The molecule has 1 aromatic heterocycles. The van der Waals surface area contributed by atoms with Gasteiger partial charge in [0.2, 0.25) is 11.8 Å². The van der Waals surface area contributed by atoms with Gasteiger partial charge < -0.3 is 14.5 Å². The number of likely N-dealkylation sites (tertiary alicyclic amines) is 2. The number of carbonyl (C=O) groups excluding carboxylic acids is 2. The summed E-state index contributed by atoms with van der Waals surface area (Å²) in [6.45, 7) is 3.22. The molecule has 2 fully saturated rings. The van der Waals surface area contributed by atoms with Crippen molar-refractivity contribution in [2.24, 2.45) is 5.41 Å². The first-order valence-corrected chi connectivity index (χ1v) is 9.22. The molecule has 24 heavy (non-hydrogen) atoms. The van der Waals surface area contributed by atoms with Crippen LogP contribution in [0.2, 0.25) is 0 Å². The highest BCUT2D eigenvalue weighted by Gasteiger charge is 2.51. The number of aromatic nitrogens is 1. The molecule has 0 aromatic carbocycles. The van der Waals surface area contributed by atoms with E-state index in [1.54, 1.807) is 19.5 Å². The molecule has 1 unspecified atom stereocenters. The lowest BCUT2D eigenvalue weighted by molar-refractivity contribution is -0.136. The third-order valence-corrected chi connectivity index (χ3v) is 5.88. The molecule has 0 radical (unpaired) electrons. The second-order valence-electron chi connectivity index (χ2n) is 6.35. The van der Waals surface area contributed by atoms with Crippen molar-refractivity contribution in [2.45, 2.75) is 17.7 Å². The highest BCUT2D eigenvalue weighted by Crippen LogP contribution is 2.40. The SMILES string of the molecule is COCCN1CCC2(CCN(C(=O)CSc3ccncc3)C2)C1=O. The molecular formula is C17H23N3O3S. The first kappa shape index (κ1) is 17.2. The average Bonchev–Trinajstić information content (AvgIpc) is 3.18. The number of methoxy groups -OCH3 is 1. The molecule has 3 rings (SSSR count). The second kappa shape index (κ2) is 7.53. The zero-order chi connectivity index (χ0) is 17.0. The van der Waals surface area contributed by atoms with Crippen molar-refractivity contribution in [2.75, 3.05) is 45.6 Å². The van der Waals surface area contributed by atoms with Gasteiger partial charge in [0.1, 0.15) is 0 Å². The Morgan fingerprint density at radius 1 is 1.33 bits per heavy atom. The van der Waals surface area contributed by atoms with Gasteiger partial charge >= 0.3 is 0 Å². The van der Waals surface area contributed by atoms with Crippen LogP contribution in [-0.4, -0.2) is 72.2 Å². The maximum absolute atomic E-state index is 12.7. The minimum absolute atomic E-state index is 0.108. The number of nitrogens with zero attached hydrogens (tertiary/aromatic N) is 3. The van der Waals surface area contributed by atoms with E-state index >= 15 is 0 Å².